The smallest absolute Gasteiger partial charge is 0.121 e. The Morgan fingerprint density at radius 3 is 2.32 bits per heavy atom. The van der Waals surface area contributed by atoms with Crippen molar-refractivity contribution >= 4 is 0 Å². The average molecular weight is 263 g/mol. The molecule has 0 heterocycles. The minimum atomic E-state index is 0.429. The monoisotopic (exact) mass is 263 g/mol. The van der Waals surface area contributed by atoms with E-state index >= 15 is 0 Å². The highest BCUT2D eigenvalue weighted by Gasteiger charge is 2.06. The highest BCUT2D eigenvalue weighted by molar-refractivity contribution is 5.42. The van der Waals surface area contributed by atoms with Crippen LogP contribution >= 0.6 is 0 Å². The Morgan fingerprint density at radius 1 is 1.16 bits per heavy atom. The van der Waals surface area contributed by atoms with Gasteiger partial charge >= 0.3 is 0 Å². The van der Waals surface area contributed by atoms with Crippen LogP contribution < -0.4 is 5.32 Å². The fourth-order valence-corrected chi connectivity index (χ4v) is 2.51. The number of rotatable bonds is 8. The largest absolute Gasteiger partial charge is 0.507 e. The molecule has 2 heteroatoms. The summed E-state index contributed by atoms with van der Waals surface area (Å²) in [7, 11) is 0. The molecule has 1 aromatic carbocycles. The van der Waals surface area contributed by atoms with Crippen molar-refractivity contribution in [1.82, 2.24) is 5.32 Å². The SMILES string of the molecule is CCCCC(CC)CNCc1cc(C)c(O)c(C)c1. The van der Waals surface area contributed by atoms with E-state index in [1.807, 2.05) is 13.8 Å². The van der Waals surface area contributed by atoms with Crippen LogP contribution in [0.1, 0.15) is 56.2 Å². The molecule has 1 rings (SSSR count). The molecule has 0 saturated heterocycles. The Kier molecular flexibility index (Phi) is 6.93. The van der Waals surface area contributed by atoms with E-state index in [9.17, 15) is 5.11 Å². The van der Waals surface area contributed by atoms with Gasteiger partial charge in [-0.1, -0.05) is 45.2 Å². The van der Waals surface area contributed by atoms with Crippen molar-refractivity contribution in [3.05, 3.63) is 28.8 Å². The number of hydrogen-bond acceptors (Lipinski definition) is 2. The Bertz CT molecular complexity index is 364. The number of aryl methyl sites for hydroxylation is 2. The van der Waals surface area contributed by atoms with E-state index in [4.69, 9.17) is 0 Å². The van der Waals surface area contributed by atoms with Gasteiger partial charge in [0, 0.05) is 6.54 Å². The first-order valence-electron chi connectivity index (χ1n) is 7.58. The number of aromatic hydroxyl groups is 1. The maximum atomic E-state index is 9.76. The summed E-state index contributed by atoms with van der Waals surface area (Å²) in [6.07, 6.45) is 5.19. The molecule has 0 bridgehead atoms. The lowest BCUT2D eigenvalue weighted by Crippen LogP contribution is -2.22. The van der Waals surface area contributed by atoms with Gasteiger partial charge < -0.3 is 10.4 Å². The molecule has 2 nitrogen and oxygen atoms in total. The van der Waals surface area contributed by atoms with Gasteiger partial charge in [-0.2, -0.15) is 0 Å². The third kappa shape index (κ3) is 5.23. The van der Waals surface area contributed by atoms with Crippen molar-refractivity contribution in [1.29, 1.82) is 0 Å². The topological polar surface area (TPSA) is 32.3 Å². The van der Waals surface area contributed by atoms with E-state index in [0.717, 1.165) is 30.1 Å². The summed E-state index contributed by atoms with van der Waals surface area (Å²) in [4.78, 5) is 0. The molecule has 2 N–H and O–H groups in total. The molecule has 0 saturated carbocycles. The number of nitrogens with one attached hydrogen (secondary N) is 1. The second kappa shape index (κ2) is 8.21. The molecule has 0 aliphatic carbocycles. The zero-order chi connectivity index (χ0) is 14.3. The average Bonchev–Trinajstić information content (AvgIpc) is 2.39. The molecule has 0 radical (unpaired) electrons. The molecule has 0 aliphatic heterocycles. The second-order valence-electron chi connectivity index (χ2n) is 5.63. The molecule has 1 atom stereocenters. The van der Waals surface area contributed by atoms with Crippen LogP contribution in [0, 0.1) is 19.8 Å². The molecule has 0 fully saturated rings. The molecular formula is C17H29NO. The third-order valence-corrected chi connectivity index (χ3v) is 3.86. The standard InChI is InChI=1S/C17H29NO/c1-5-7-8-15(6-2)11-18-12-16-9-13(3)17(19)14(4)10-16/h9-10,15,18-19H,5-8,11-12H2,1-4H3. The summed E-state index contributed by atoms with van der Waals surface area (Å²) < 4.78 is 0. The van der Waals surface area contributed by atoms with E-state index in [1.54, 1.807) is 0 Å². The number of hydrogen-bond donors (Lipinski definition) is 2. The summed E-state index contributed by atoms with van der Waals surface area (Å²) in [6, 6.07) is 4.14. The maximum Gasteiger partial charge on any atom is 0.121 e. The van der Waals surface area contributed by atoms with Gasteiger partial charge in [0.25, 0.3) is 0 Å². The molecular weight excluding hydrogens is 234 g/mol. The molecule has 1 aromatic rings. The molecule has 0 spiro atoms. The predicted octanol–water partition coefficient (Wildman–Crippen LogP) is 4.32. The minimum Gasteiger partial charge on any atom is -0.507 e. The Hall–Kier alpha value is -1.02. The maximum absolute atomic E-state index is 9.76. The highest BCUT2D eigenvalue weighted by atomic mass is 16.3. The Labute approximate surface area is 118 Å². The summed E-state index contributed by atoms with van der Waals surface area (Å²) in [5.41, 5.74) is 3.20. The number of unbranched alkanes of at least 4 members (excludes halogenated alkanes) is 1. The molecule has 1 unspecified atom stereocenters. The normalized spacial score (nSPS) is 12.6. The second-order valence-corrected chi connectivity index (χ2v) is 5.63. The van der Waals surface area contributed by atoms with Crippen LogP contribution in [-0.2, 0) is 6.54 Å². The molecule has 0 amide bonds. The third-order valence-electron chi connectivity index (χ3n) is 3.86. The first-order valence-corrected chi connectivity index (χ1v) is 7.58. The van der Waals surface area contributed by atoms with Gasteiger partial charge in [0.1, 0.15) is 5.75 Å². The minimum absolute atomic E-state index is 0.429. The van der Waals surface area contributed by atoms with E-state index < -0.39 is 0 Å². The number of phenolic OH excluding ortho intramolecular Hbond substituents is 1. The van der Waals surface area contributed by atoms with Crippen molar-refractivity contribution in [3.63, 3.8) is 0 Å². The van der Waals surface area contributed by atoms with Crippen LogP contribution in [0.25, 0.3) is 0 Å². The van der Waals surface area contributed by atoms with E-state index in [0.29, 0.717) is 5.75 Å². The first-order chi connectivity index (χ1) is 9.08. The van der Waals surface area contributed by atoms with Crippen molar-refractivity contribution < 1.29 is 5.11 Å². The van der Waals surface area contributed by atoms with Gasteiger partial charge in [-0.25, -0.2) is 0 Å². The van der Waals surface area contributed by atoms with Crippen LogP contribution in [0.3, 0.4) is 0 Å². The van der Waals surface area contributed by atoms with Crippen LogP contribution in [0.2, 0.25) is 0 Å². The lowest BCUT2D eigenvalue weighted by Gasteiger charge is -2.16. The summed E-state index contributed by atoms with van der Waals surface area (Å²) in [5.74, 6) is 1.22. The van der Waals surface area contributed by atoms with E-state index in [1.165, 1.54) is 31.2 Å². The number of benzene rings is 1. The Balaban J connectivity index is 2.44. The van der Waals surface area contributed by atoms with Gasteiger partial charge in [-0.05, 0) is 49.4 Å². The zero-order valence-corrected chi connectivity index (χ0v) is 12.9. The van der Waals surface area contributed by atoms with Gasteiger partial charge in [-0.3, -0.25) is 0 Å². The van der Waals surface area contributed by atoms with Gasteiger partial charge in [0.15, 0.2) is 0 Å². The van der Waals surface area contributed by atoms with E-state index in [-0.39, 0.29) is 0 Å². The fourth-order valence-electron chi connectivity index (χ4n) is 2.51. The van der Waals surface area contributed by atoms with Crippen molar-refractivity contribution in [3.8, 4) is 5.75 Å². The molecule has 0 aromatic heterocycles. The van der Waals surface area contributed by atoms with Crippen LogP contribution in [-0.4, -0.2) is 11.7 Å². The van der Waals surface area contributed by atoms with Crippen LogP contribution in [0.4, 0.5) is 0 Å². The first kappa shape index (κ1) is 16.0. The summed E-state index contributed by atoms with van der Waals surface area (Å²) in [6.45, 7) is 10.4. The summed E-state index contributed by atoms with van der Waals surface area (Å²) in [5, 5.41) is 13.3. The van der Waals surface area contributed by atoms with Gasteiger partial charge in [0.2, 0.25) is 0 Å². The highest BCUT2D eigenvalue weighted by Crippen LogP contribution is 2.22. The Morgan fingerprint density at radius 2 is 1.79 bits per heavy atom. The van der Waals surface area contributed by atoms with Crippen molar-refractivity contribution in [2.75, 3.05) is 6.54 Å². The van der Waals surface area contributed by atoms with Crippen LogP contribution in [0.5, 0.6) is 5.75 Å². The van der Waals surface area contributed by atoms with Gasteiger partial charge in [0.05, 0.1) is 0 Å². The van der Waals surface area contributed by atoms with Crippen molar-refractivity contribution in [2.24, 2.45) is 5.92 Å². The molecule has 19 heavy (non-hydrogen) atoms. The lowest BCUT2D eigenvalue weighted by molar-refractivity contribution is 0.419. The molecule has 108 valence electrons. The van der Waals surface area contributed by atoms with Crippen LogP contribution in [0.15, 0.2) is 12.1 Å². The summed E-state index contributed by atoms with van der Waals surface area (Å²) >= 11 is 0. The van der Waals surface area contributed by atoms with E-state index in [2.05, 4.69) is 31.3 Å². The number of phenols is 1. The van der Waals surface area contributed by atoms with Gasteiger partial charge in [-0.15, -0.1) is 0 Å². The molecule has 0 aliphatic rings. The lowest BCUT2D eigenvalue weighted by atomic mass is 9.99. The quantitative estimate of drug-likeness (QED) is 0.732. The zero-order valence-electron chi connectivity index (χ0n) is 12.9. The van der Waals surface area contributed by atoms with Crippen molar-refractivity contribution in [2.45, 2.75) is 59.9 Å². The predicted molar refractivity (Wildman–Crippen MR) is 82.6 cm³/mol. The fraction of sp³-hybridized carbons (Fsp3) is 0.647.